The van der Waals surface area contributed by atoms with Crippen LogP contribution in [0.2, 0.25) is 0 Å². The third-order valence-electron chi connectivity index (χ3n) is 5.95. The first-order valence-electron chi connectivity index (χ1n) is 11.2. The zero-order chi connectivity index (χ0) is 23.7. The van der Waals surface area contributed by atoms with E-state index in [1.54, 1.807) is 6.20 Å². The Morgan fingerprint density at radius 1 is 1.21 bits per heavy atom. The molecular weight excluding hydrogens is 448 g/mol. The van der Waals surface area contributed by atoms with Gasteiger partial charge in [-0.1, -0.05) is 29.8 Å². The van der Waals surface area contributed by atoms with Crippen LogP contribution in [0, 0.1) is 13.8 Å². The Hall–Kier alpha value is -3.79. The lowest BCUT2D eigenvalue weighted by molar-refractivity contribution is 0.0996. The van der Waals surface area contributed by atoms with Gasteiger partial charge >= 0.3 is 0 Å². The zero-order valence-electron chi connectivity index (χ0n) is 19.1. The molecule has 174 valence electrons. The molecule has 0 radical (unpaired) electrons. The Balaban J connectivity index is 1.36. The first kappa shape index (κ1) is 22.0. The van der Waals surface area contributed by atoms with Gasteiger partial charge in [-0.15, -0.1) is 0 Å². The molecular formula is C24H26N8OS. The summed E-state index contributed by atoms with van der Waals surface area (Å²) < 4.78 is 4.27. The van der Waals surface area contributed by atoms with Crippen molar-refractivity contribution in [2.45, 2.75) is 32.6 Å². The molecule has 1 amide bonds. The van der Waals surface area contributed by atoms with E-state index < -0.39 is 5.91 Å². The minimum absolute atomic E-state index is 0.108. The number of aryl methyl sites for hydroxylation is 2. The van der Waals surface area contributed by atoms with Crippen molar-refractivity contribution < 1.29 is 4.79 Å². The number of aromatic nitrogens is 5. The highest BCUT2D eigenvalue weighted by molar-refractivity contribution is 7.10. The molecule has 1 aliphatic heterocycles. The number of imidazole rings is 1. The van der Waals surface area contributed by atoms with Crippen molar-refractivity contribution in [2.75, 3.05) is 23.3 Å². The minimum atomic E-state index is -0.626. The number of amides is 1. The van der Waals surface area contributed by atoms with Gasteiger partial charge in [0.15, 0.2) is 11.5 Å². The Morgan fingerprint density at radius 2 is 2.03 bits per heavy atom. The monoisotopic (exact) mass is 474 g/mol. The van der Waals surface area contributed by atoms with Crippen molar-refractivity contribution in [1.82, 2.24) is 24.3 Å². The predicted octanol–water partition coefficient (Wildman–Crippen LogP) is 4.17. The molecule has 1 unspecified atom stereocenters. The molecule has 1 aliphatic rings. The molecule has 0 saturated carbocycles. The second kappa shape index (κ2) is 9.22. The molecule has 0 bridgehead atoms. The Kier molecular flexibility index (Phi) is 5.97. The summed E-state index contributed by atoms with van der Waals surface area (Å²) >= 11 is 1.30. The molecule has 1 fully saturated rings. The number of H-pyrrole nitrogens is 1. The molecule has 10 heteroatoms. The molecule has 4 N–H and O–H groups in total. The van der Waals surface area contributed by atoms with Crippen LogP contribution in [0.15, 0.2) is 42.7 Å². The van der Waals surface area contributed by atoms with E-state index >= 15 is 0 Å². The van der Waals surface area contributed by atoms with Gasteiger partial charge in [0.25, 0.3) is 5.91 Å². The van der Waals surface area contributed by atoms with Gasteiger partial charge in [0.05, 0.1) is 23.8 Å². The van der Waals surface area contributed by atoms with Gasteiger partial charge in [-0.25, -0.2) is 15.0 Å². The van der Waals surface area contributed by atoms with Crippen LogP contribution in [-0.2, 0) is 0 Å². The van der Waals surface area contributed by atoms with Crippen molar-refractivity contribution in [3.05, 3.63) is 65.5 Å². The highest BCUT2D eigenvalue weighted by Gasteiger charge is 2.26. The van der Waals surface area contributed by atoms with E-state index in [9.17, 15) is 4.79 Å². The van der Waals surface area contributed by atoms with Crippen molar-refractivity contribution in [1.29, 1.82) is 0 Å². The number of benzene rings is 1. The standard InChI is InChI=1S/C24H26N8OS/c1-14-5-7-16(8-6-14)18-11-27-23(28-18)17-4-3-9-32(13-17)19-12-26-21(22(25)33)24(29-19)30-20-10-15(2)31-34-20/h5-8,10-12,17H,3-4,9,13H2,1-2H3,(H2,25,33)(H,27,28)(H,29,30). The number of nitrogens with two attached hydrogens (primary N) is 1. The van der Waals surface area contributed by atoms with Gasteiger partial charge in [-0.05, 0) is 49.9 Å². The third kappa shape index (κ3) is 4.62. The number of carbonyl (C=O) groups is 1. The van der Waals surface area contributed by atoms with Crippen LogP contribution in [-0.4, -0.2) is 43.3 Å². The van der Waals surface area contributed by atoms with E-state index in [-0.39, 0.29) is 11.6 Å². The number of hydrogen-bond donors (Lipinski definition) is 3. The average Bonchev–Trinajstić information content (AvgIpc) is 3.49. The summed E-state index contributed by atoms with van der Waals surface area (Å²) in [5.74, 6) is 1.63. The van der Waals surface area contributed by atoms with Gasteiger partial charge in [0.1, 0.15) is 16.6 Å². The van der Waals surface area contributed by atoms with E-state index in [4.69, 9.17) is 10.7 Å². The first-order valence-corrected chi connectivity index (χ1v) is 12.0. The average molecular weight is 475 g/mol. The van der Waals surface area contributed by atoms with Gasteiger partial charge in [0.2, 0.25) is 0 Å². The SMILES string of the molecule is Cc1ccc(-c2cnc(C3CCCN(c4cnc(C(N)=O)c(Nc5cc(C)ns5)n4)C3)[nH]2)cc1. The normalized spacial score (nSPS) is 15.9. The number of hydrogen-bond acceptors (Lipinski definition) is 8. The quantitative estimate of drug-likeness (QED) is 0.383. The molecule has 1 saturated heterocycles. The number of piperidine rings is 1. The van der Waals surface area contributed by atoms with Gasteiger partial charge < -0.3 is 20.9 Å². The van der Waals surface area contributed by atoms with Crippen molar-refractivity contribution in [3.8, 4) is 11.3 Å². The van der Waals surface area contributed by atoms with Gasteiger partial charge in [-0.2, -0.15) is 4.37 Å². The summed E-state index contributed by atoms with van der Waals surface area (Å²) in [5.41, 5.74) is 9.91. The highest BCUT2D eigenvalue weighted by Crippen LogP contribution is 2.31. The summed E-state index contributed by atoms with van der Waals surface area (Å²) in [4.78, 5) is 31.3. The molecule has 1 aromatic carbocycles. The summed E-state index contributed by atoms with van der Waals surface area (Å²) in [6, 6.07) is 10.3. The summed E-state index contributed by atoms with van der Waals surface area (Å²) in [6.07, 6.45) is 5.56. The van der Waals surface area contributed by atoms with Crippen LogP contribution >= 0.6 is 11.5 Å². The predicted molar refractivity (Wildman–Crippen MR) is 134 cm³/mol. The molecule has 4 heterocycles. The lowest BCUT2D eigenvalue weighted by Crippen LogP contribution is -2.35. The van der Waals surface area contributed by atoms with E-state index in [0.29, 0.717) is 11.6 Å². The highest BCUT2D eigenvalue weighted by atomic mass is 32.1. The third-order valence-corrected chi connectivity index (χ3v) is 6.75. The molecule has 0 spiro atoms. The second-order valence-corrected chi connectivity index (χ2v) is 9.39. The summed E-state index contributed by atoms with van der Waals surface area (Å²) in [6.45, 7) is 5.60. The molecule has 1 atom stereocenters. The van der Waals surface area contributed by atoms with E-state index in [2.05, 4.69) is 60.7 Å². The van der Waals surface area contributed by atoms with Crippen molar-refractivity contribution in [2.24, 2.45) is 5.73 Å². The van der Waals surface area contributed by atoms with Crippen LogP contribution in [0.3, 0.4) is 0 Å². The van der Waals surface area contributed by atoms with Crippen LogP contribution < -0.4 is 16.0 Å². The Morgan fingerprint density at radius 3 is 2.76 bits per heavy atom. The van der Waals surface area contributed by atoms with Crippen LogP contribution in [0.5, 0.6) is 0 Å². The number of aromatic amines is 1. The number of rotatable bonds is 6. The maximum atomic E-state index is 11.9. The number of nitrogens with one attached hydrogen (secondary N) is 2. The van der Waals surface area contributed by atoms with E-state index in [0.717, 1.165) is 53.7 Å². The van der Waals surface area contributed by atoms with Crippen molar-refractivity contribution >= 4 is 34.1 Å². The lowest BCUT2D eigenvalue weighted by atomic mass is 9.97. The molecule has 34 heavy (non-hydrogen) atoms. The zero-order valence-corrected chi connectivity index (χ0v) is 19.9. The lowest BCUT2D eigenvalue weighted by Gasteiger charge is -2.32. The Bertz CT molecular complexity index is 1310. The fourth-order valence-corrected chi connectivity index (χ4v) is 4.83. The largest absolute Gasteiger partial charge is 0.364 e. The summed E-state index contributed by atoms with van der Waals surface area (Å²) in [5, 5.41) is 3.94. The number of carbonyl (C=O) groups excluding carboxylic acids is 1. The molecule has 3 aromatic heterocycles. The topological polar surface area (TPSA) is 126 Å². The van der Waals surface area contributed by atoms with Crippen molar-refractivity contribution in [3.63, 3.8) is 0 Å². The molecule has 4 aromatic rings. The fraction of sp³-hybridized carbons (Fsp3) is 0.292. The van der Waals surface area contributed by atoms with Gasteiger partial charge in [0, 0.05) is 19.0 Å². The second-order valence-electron chi connectivity index (χ2n) is 8.58. The first-order chi connectivity index (χ1) is 16.5. The molecule has 0 aliphatic carbocycles. The number of anilines is 3. The smallest absolute Gasteiger partial charge is 0.271 e. The van der Waals surface area contributed by atoms with Gasteiger partial charge in [-0.3, -0.25) is 4.79 Å². The maximum Gasteiger partial charge on any atom is 0.271 e. The number of nitrogens with zero attached hydrogens (tertiary/aromatic N) is 5. The van der Waals surface area contributed by atoms with E-state index in [1.165, 1.54) is 17.1 Å². The summed E-state index contributed by atoms with van der Waals surface area (Å²) in [7, 11) is 0. The fourth-order valence-electron chi connectivity index (χ4n) is 4.17. The maximum absolute atomic E-state index is 11.9. The van der Waals surface area contributed by atoms with Crippen LogP contribution in [0.1, 0.15) is 46.3 Å². The van der Waals surface area contributed by atoms with Crippen LogP contribution in [0.4, 0.5) is 16.6 Å². The van der Waals surface area contributed by atoms with E-state index in [1.807, 2.05) is 19.2 Å². The number of primary amides is 1. The van der Waals surface area contributed by atoms with Crippen LogP contribution in [0.25, 0.3) is 11.3 Å². The molecule has 5 rings (SSSR count). The molecule has 9 nitrogen and oxygen atoms in total. The minimum Gasteiger partial charge on any atom is -0.364 e. The Labute approximate surface area is 201 Å².